The third kappa shape index (κ3) is 5.84. The van der Waals surface area contributed by atoms with E-state index in [1.54, 1.807) is 0 Å². The van der Waals surface area contributed by atoms with Gasteiger partial charge < -0.3 is 9.84 Å². The molecule has 1 heterocycles. The zero-order valence-corrected chi connectivity index (χ0v) is 12.1. The Morgan fingerprint density at radius 3 is 2.68 bits per heavy atom. The van der Waals surface area contributed by atoms with Gasteiger partial charge in [0.2, 0.25) is 15.9 Å². The average molecular weight is 289 g/mol. The SMILES string of the molecule is CC(C)CCN(CC(=O)Nc1ccon1)S(C)(=O)=O. The molecule has 0 saturated heterocycles. The van der Waals surface area contributed by atoms with Gasteiger partial charge in [0.15, 0.2) is 5.82 Å². The summed E-state index contributed by atoms with van der Waals surface area (Å²) in [5, 5.41) is 5.99. The maximum Gasteiger partial charge on any atom is 0.240 e. The first kappa shape index (κ1) is 15.6. The van der Waals surface area contributed by atoms with Crippen LogP contribution in [0, 0.1) is 5.92 Å². The highest BCUT2D eigenvalue weighted by atomic mass is 32.2. The molecule has 7 nitrogen and oxygen atoms in total. The maximum atomic E-state index is 11.7. The number of hydrogen-bond acceptors (Lipinski definition) is 5. The minimum Gasteiger partial charge on any atom is -0.363 e. The predicted molar refractivity (Wildman–Crippen MR) is 71.0 cm³/mol. The van der Waals surface area contributed by atoms with Gasteiger partial charge >= 0.3 is 0 Å². The largest absolute Gasteiger partial charge is 0.363 e. The van der Waals surface area contributed by atoms with E-state index in [2.05, 4.69) is 15.0 Å². The minimum absolute atomic E-state index is 0.224. The minimum atomic E-state index is -3.41. The van der Waals surface area contributed by atoms with E-state index in [4.69, 9.17) is 0 Å². The Balaban J connectivity index is 2.59. The number of nitrogens with one attached hydrogen (secondary N) is 1. The Labute approximate surface area is 113 Å². The highest BCUT2D eigenvalue weighted by Crippen LogP contribution is 2.07. The van der Waals surface area contributed by atoms with Crippen molar-refractivity contribution in [2.75, 3.05) is 24.7 Å². The summed E-state index contributed by atoms with van der Waals surface area (Å²) in [5.41, 5.74) is 0. The number of nitrogens with zero attached hydrogens (tertiary/aromatic N) is 2. The van der Waals surface area contributed by atoms with Gasteiger partial charge in [-0.2, -0.15) is 4.31 Å². The first-order valence-corrected chi connectivity index (χ1v) is 7.79. The Bertz CT molecular complexity index is 496. The van der Waals surface area contributed by atoms with Crippen LogP contribution in [0.1, 0.15) is 20.3 Å². The van der Waals surface area contributed by atoms with E-state index in [1.165, 1.54) is 12.3 Å². The molecule has 1 aromatic rings. The van der Waals surface area contributed by atoms with Crippen LogP contribution in [0.5, 0.6) is 0 Å². The summed E-state index contributed by atoms with van der Waals surface area (Å²) in [6.45, 7) is 4.09. The van der Waals surface area contributed by atoms with Crippen molar-refractivity contribution in [3.63, 3.8) is 0 Å². The molecule has 0 aromatic carbocycles. The molecule has 0 atom stereocenters. The van der Waals surface area contributed by atoms with Crippen LogP contribution in [0.3, 0.4) is 0 Å². The predicted octanol–water partition coefficient (Wildman–Crippen LogP) is 0.921. The zero-order valence-electron chi connectivity index (χ0n) is 11.3. The van der Waals surface area contributed by atoms with E-state index in [1.807, 2.05) is 13.8 Å². The summed E-state index contributed by atoms with van der Waals surface area (Å²) < 4.78 is 28.9. The molecule has 0 unspecified atom stereocenters. The number of amides is 1. The molecule has 0 aliphatic carbocycles. The van der Waals surface area contributed by atoms with Crippen LogP contribution < -0.4 is 5.32 Å². The third-order valence-electron chi connectivity index (χ3n) is 2.45. The fourth-order valence-corrected chi connectivity index (χ4v) is 2.17. The number of carbonyl (C=O) groups excluding carboxylic acids is 1. The number of hydrogen-bond donors (Lipinski definition) is 1. The number of carbonyl (C=O) groups is 1. The highest BCUT2D eigenvalue weighted by molar-refractivity contribution is 7.88. The topological polar surface area (TPSA) is 92.5 Å². The summed E-state index contributed by atoms with van der Waals surface area (Å²) in [4.78, 5) is 11.7. The molecule has 0 spiro atoms. The highest BCUT2D eigenvalue weighted by Gasteiger charge is 2.20. The standard InChI is InChI=1S/C11H19N3O4S/c1-9(2)4-6-14(19(3,16)17)8-11(15)12-10-5-7-18-13-10/h5,7,9H,4,6,8H2,1-3H3,(H,12,13,15). The number of anilines is 1. The lowest BCUT2D eigenvalue weighted by Crippen LogP contribution is -2.38. The van der Waals surface area contributed by atoms with Crippen molar-refractivity contribution in [3.05, 3.63) is 12.3 Å². The quantitative estimate of drug-likeness (QED) is 0.805. The second-order valence-corrected chi connectivity index (χ2v) is 6.69. The van der Waals surface area contributed by atoms with Crippen molar-refractivity contribution in [1.82, 2.24) is 9.46 Å². The lowest BCUT2D eigenvalue weighted by atomic mass is 10.1. The molecule has 108 valence electrons. The molecule has 8 heteroatoms. The lowest BCUT2D eigenvalue weighted by Gasteiger charge is -2.20. The van der Waals surface area contributed by atoms with Crippen LogP contribution in [0.15, 0.2) is 16.9 Å². The Morgan fingerprint density at radius 1 is 1.53 bits per heavy atom. The second kappa shape index (κ2) is 6.67. The van der Waals surface area contributed by atoms with E-state index < -0.39 is 15.9 Å². The second-order valence-electron chi connectivity index (χ2n) is 4.71. The van der Waals surface area contributed by atoms with Crippen LogP contribution in [-0.2, 0) is 14.8 Å². The molecular formula is C11H19N3O4S. The Kier molecular flexibility index (Phi) is 5.49. The Morgan fingerprint density at radius 2 is 2.21 bits per heavy atom. The first-order chi connectivity index (χ1) is 8.79. The Hall–Kier alpha value is -1.41. The van der Waals surface area contributed by atoms with Gasteiger partial charge in [-0.1, -0.05) is 19.0 Å². The van der Waals surface area contributed by atoms with Gasteiger partial charge in [0.05, 0.1) is 12.8 Å². The number of sulfonamides is 1. The average Bonchev–Trinajstić information content (AvgIpc) is 2.74. The fraction of sp³-hybridized carbons (Fsp3) is 0.636. The van der Waals surface area contributed by atoms with Crippen LogP contribution in [0.25, 0.3) is 0 Å². The normalized spacial score (nSPS) is 12.1. The summed E-state index contributed by atoms with van der Waals surface area (Å²) in [5.74, 6) is 0.188. The monoisotopic (exact) mass is 289 g/mol. The van der Waals surface area contributed by atoms with Gasteiger partial charge in [-0.25, -0.2) is 8.42 Å². The van der Waals surface area contributed by atoms with Crippen molar-refractivity contribution >= 4 is 21.7 Å². The van der Waals surface area contributed by atoms with Crippen molar-refractivity contribution in [1.29, 1.82) is 0 Å². The molecule has 0 saturated carbocycles. The van der Waals surface area contributed by atoms with Crippen molar-refractivity contribution < 1.29 is 17.7 Å². The van der Waals surface area contributed by atoms with Crippen molar-refractivity contribution in [3.8, 4) is 0 Å². The summed E-state index contributed by atoms with van der Waals surface area (Å²) in [6.07, 6.45) is 3.11. The molecule has 19 heavy (non-hydrogen) atoms. The molecule has 1 rings (SSSR count). The number of rotatable bonds is 7. The van der Waals surface area contributed by atoms with E-state index in [0.29, 0.717) is 18.9 Å². The van der Waals surface area contributed by atoms with Crippen LogP contribution in [0.2, 0.25) is 0 Å². The van der Waals surface area contributed by atoms with Crippen molar-refractivity contribution in [2.45, 2.75) is 20.3 Å². The van der Waals surface area contributed by atoms with Crippen LogP contribution >= 0.6 is 0 Å². The van der Waals surface area contributed by atoms with Crippen LogP contribution in [0.4, 0.5) is 5.82 Å². The third-order valence-corrected chi connectivity index (χ3v) is 3.70. The van der Waals surface area contributed by atoms with Gasteiger partial charge in [-0.05, 0) is 12.3 Å². The zero-order chi connectivity index (χ0) is 14.5. The fourth-order valence-electron chi connectivity index (χ4n) is 1.38. The van der Waals surface area contributed by atoms with Gasteiger partial charge in [0, 0.05) is 12.6 Å². The first-order valence-electron chi connectivity index (χ1n) is 5.94. The molecule has 0 radical (unpaired) electrons. The molecule has 1 N–H and O–H groups in total. The maximum absolute atomic E-state index is 11.7. The molecule has 0 fully saturated rings. The summed E-state index contributed by atoms with van der Waals surface area (Å²) >= 11 is 0. The lowest BCUT2D eigenvalue weighted by molar-refractivity contribution is -0.116. The summed E-state index contributed by atoms with van der Waals surface area (Å²) in [6, 6.07) is 1.48. The van der Waals surface area contributed by atoms with E-state index in [-0.39, 0.29) is 12.4 Å². The molecule has 1 amide bonds. The number of aromatic nitrogens is 1. The molecule has 0 aliphatic heterocycles. The van der Waals surface area contributed by atoms with Gasteiger partial charge in [-0.3, -0.25) is 4.79 Å². The van der Waals surface area contributed by atoms with E-state index in [0.717, 1.165) is 10.6 Å². The molecule has 1 aromatic heterocycles. The van der Waals surface area contributed by atoms with Crippen LogP contribution in [-0.4, -0.2) is 43.1 Å². The van der Waals surface area contributed by atoms with E-state index >= 15 is 0 Å². The van der Waals surface area contributed by atoms with Gasteiger partial charge in [0.25, 0.3) is 0 Å². The molecule has 0 bridgehead atoms. The molecular weight excluding hydrogens is 270 g/mol. The van der Waals surface area contributed by atoms with Gasteiger partial charge in [-0.15, -0.1) is 0 Å². The smallest absolute Gasteiger partial charge is 0.240 e. The van der Waals surface area contributed by atoms with Gasteiger partial charge in [0.1, 0.15) is 6.26 Å². The van der Waals surface area contributed by atoms with Crippen molar-refractivity contribution in [2.24, 2.45) is 5.92 Å². The van der Waals surface area contributed by atoms with E-state index in [9.17, 15) is 13.2 Å². The molecule has 0 aliphatic rings. The summed E-state index contributed by atoms with van der Waals surface area (Å²) in [7, 11) is -3.41.